The number of hydrogen-bond donors (Lipinski definition) is 0. The Morgan fingerprint density at radius 3 is 2.56 bits per heavy atom. The van der Waals surface area contributed by atoms with E-state index in [1.54, 1.807) is 19.2 Å². The lowest BCUT2D eigenvalue weighted by molar-refractivity contribution is 0.389. The van der Waals surface area contributed by atoms with Crippen molar-refractivity contribution in [1.29, 1.82) is 5.26 Å². The second kappa shape index (κ2) is 7.08. The van der Waals surface area contributed by atoms with Gasteiger partial charge in [-0.3, -0.25) is 0 Å². The molecule has 0 bridgehead atoms. The zero-order valence-electron chi connectivity index (χ0n) is 16.5. The maximum Gasteiger partial charge on any atom is 0.128 e. The van der Waals surface area contributed by atoms with Crippen LogP contribution in [0.15, 0.2) is 36.4 Å². The Hall–Kier alpha value is -2.80. The van der Waals surface area contributed by atoms with Crippen molar-refractivity contribution < 1.29 is 9.13 Å². The number of hydrogen-bond acceptors (Lipinski definition) is 3. The summed E-state index contributed by atoms with van der Waals surface area (Å²) in [7, 11) is 3.75. The van der Waals surface area contributed by atoms with Crippen LogP contribution in [0.25, 0.3) is 11.6 Å². The van der Waals surface area contributed by atoms with E-state index >= 15 is 0 Å². The first-order valence-electron chi connectivity index (χ1n) is 9.10. The Bertz CT molecular complexity index is 923. The SMILES string of the molecule is COc1cc2c(cc1/C=C(\C#N)c1ccc(F)cc1)C(C)CC(C)(C)N2C. The van der Waals surface area contributed by atoms with Gasteiger partial charge in [-0.1, -0.05) is 19.1 Å². The molecule has 1 atom stereocenters. The molecule has 0 saturated carbocycles. The Kier molecular flexibility index (Phi) is 4.97. The molecule has 3 rings (SSSR count). The molecule has 0 aromatic heterocycles. The molecular weight excluding hydrogens is 339 g/mol. The number of methoxy groups -OCH3 is 1. The first-order chi connectivity index (χ1) is 12.8. The lowest BCUT2D eigenvalue weighted by Gasteiger charge is -2.45. The predicted octanol–water partition coefficient (Wildman–Crippen LogP) is 5.62. The molecule has 0 N–H and O–H groups in total. The van der Waals surface area contributed by atoms with E-state index in [2.05, 4.69) is 50.9 Å². The summed E-state index contributed by atoms with van der Waals surface area (Å²) in [5, 5.41) is 9.61. The van der Waals surface area contributed by atoms with Crippen molar-refractivity contribution in [3.05, 3.63) is 58.9 Å². The Balaban J connectivity index is 2.13. The smallest absolute Gasteiger partial charge is 0.128 e. The van der Waals surface area contributed by atoms with E-state index in [1.807, 2.05) is 6.08 Å². The first kappa shape index (κ1) is 19.0. The minimum atomic E-state index is -0.318. The zero-order valence-corrected chi connectivity index (χ0v) is 16.5. The van der Waals surface area contributed by atoms with Crippen LogP contribution >= 0.6 is 0 Å². The summed E-state index contributed by atoms with van der Waals surface area (Å²) in [4.78, 5) is 2.30. The average molecular weight is 364 g/mol. The lowest BCUT2D eigenvalue weighted by Crippen LogP contribution is -2.45. The maximum atomic E-state index is 13.2. The van der Waals surface area contributed by atoms with Gasteiger partial charge in [0, 0.05) is 29.9 Å². The van der Waals surface area contributed by atoms with Gasteiger partial charge in [0.05, 0.1) is 18.8 Å². The number of nitriles is 1. The standard InChI is InChI=1S/C23H25FN2O/c1-15-13-23(2,3)26(4)21-12-22(27-5)17(11-20(15)21)10-18(14-25)16-6-8-19(24)9-7-16/h6-12,15H,13H2,1-5H3/b18-10+. The highest BCUT2D eigenvalue weighted by atomic mass is 19.1. The molecular formula is C23H25FN2O. The molecule has 0 saturated heterocycles. The van der Waals surface area contributed by atoms with Crippen molar-refractivity contribution >= 4 is 17.3 Å². The van der Waals surface area contributed by atoms with Gasteiger partial charge in [-0.25, -0.2) is 4.39 Å². The molecule has 1 heterocycles. The van der Waals surface area contributed by atoms with Crippen molar-refractivity contribution in [2.24, 2.45) is 0 Å². The second-order valence-corrected chi connectivity index (χ2v) is 7.81. The van der Waals surface area contributed by atoms with Crippen molar-refractivity contribution in [3.63, 3.8) is 0 Å². The van der Waals surface area contributed by atoms with Gasteiger partial charge >= 0.3 is 0 Å². The summed E-state index contributed by atoms with van der Waals surface area (Å²) in [6, 6.07) is 12.4. The van der Waals surface area contributed by atoms with Gasteiger partial charge in [0.25, 0.3) is 0 Å². The van der Waals surface area contributed by atoms with E-state index in [4.69, 9.17) is 4.74 Å². The monoisotopic (exact) mass is 364 g/mol. The molecule has 2 aromatic rings. The third kappa shape index (κ3) is 3.55. The van der Waals surface area contributed by atoms with Gasteiger partial charge in [-0.05, 0) is 61.6 Å². The van der Waals surface area contributed by atoms with Crippen molar-refractivity contribution in [1.82, 2.24) is 0 Å². The third-order valence-electron chi connectivity index (χ3n) is 5.56. The van der Waals surface area contributed by atoms with Crippen LogP contribution in [-0.2, 0) is 0 Å². The van der Waals surface area contributed by atoms with Crippen LogP contribution < -0.4 is 9.64 Å². The van der Waals surface area contributed by atoms with Crippen LogP contribution in [0.3, 0.4) is 0 Å². The molecule has 140 valence electrons. The summed E-state index contributed by atoms with van der Waals surface area (Å²) in [6.07, 6.45) is 2.87. The van der Waals surface area contributed by atoms with E-state index in [0.717, 1.165) is 23.4 Å². The minimum absolute atomic E-state index is 0.0701. The first-order valence-corrected chi connectivity index (χ1v) is 9.10. The molecule has 1 aliphatic heterocycles. The Morgan fingerprint density at radius 2 is 1.96 bits per heavy atom. The van der Waals surface area contributed by atoms with Crippen molar-refractivity contribution in [2.75, 3.05) is 19.1 Å². The van der Waals surface area contributed by atoms with E-state index in [1.165, 1.54) is 17.7 Å². The zero-order chi connectivity index (χ0) is 19.8. The average Bonchev–Trinajstić information content (AvgIpc) is 2.64. The molecule has 27 heavy (non-hydrogen) atoms. The molecule has 2 aromatic carbocycles. The number of fused-ring (bicyclic) bond motifs is 1. The summed E-state index contributed by atoms with van der Waals surface area (Å²) in [6.45, 7) is 6.73. The quantitative estimate of drug-likeness (QED) is 0.524. The van der Waals surface area contributed by atoms with Gasteiger partial charge < -0.3 is 9.64 Å². The minimum Gasteiger partial charge on any atom is -0.496 e. The number of ether oxygens (including phenoxy) is 1. The number of benzene rings is 2. The van der Waals surface area contributed by atoms with Crippen LogP contribution in [0.1, 0.15) is 49.8 Å². The van der Waals surface area contributed by atoms with Crippen LogP contribution in [0, 0.1) is 17.1 Å². The summed E-state index contributed by atoms with van der Waals surface area (Å²) >= 11 is 0. The predicted molar refractivity (Wildman–Crippen MR) is 108 cm³/mol. The number of allylic oxidation sites excluding steroid dienone is 1. The summed E-state index contributed by atoms with van der Waals surface area (Å²) < 4.78 is 18.8. The number of rotatable bonds is 3. The van der Waals surface area contributed by atoms with E-state index in [0.29, 0.717) is 17.1 Å². The molecule has 0 amide bonds. The number of halogens is 1. The second-order valence-electron chi connectivity index (χ2n) is 7.81. The highest BCUT2D eigenvalue weighted by Gasteiger charge is 2.34. The largest absolute Gasteiger partial charge is 0.496 e. The van der Waals surface area contributed by atoms with E-state index < -0.39 is 0 Å². The molecule has 0 aliphatic carbocycles. The van der Waals surface area contributed by atoms with Crippen LogP contribution in [0.4, 0.5) is 10.1 Å². The molecule has 1 unspecified atom stereocenters. The van der Waals surface area contributed by atoms with Gasteiger partial charge in [0.2, 0.25) is 0 Å². The van der Waals surface area contributed by atoms with E-state index in [-0.39, 0.29) is 11.4 Å². The molecule has 3 nitrogen and oxygen atoms in total. The van der Waals surface area contributed by atoms with Gasteiger partial charge in [0.1, 0.15) is 11.6 Å². The fourth-order valence-corrected chi connectivity index (χ4v) is 3.87. The fraction of sp³-hybridized carbons (Fsp3) is 0.348. The summed E-state index contributed by atoms with van der Waals surface area (Å²) in [5.74, 6) is 0.808. The van der Waals surface area contributed by atoms with Gasteiger partial charge in [-0.2, -0.15) is 5.26 Å². The van der Waals surface area contributed by atoms with Crippen LogP contribution in [0.5, 0.6) is 5.75 Å². The topological polar surface area (TPSA) is 36.3 Å². The molecule has 0 spiro atoms. The fourth-order valence-electron chi connectivity index (χ4n) is 3.87. The van der Waals surface area contributed by atoms with Crippen LogP contribution in [0.2, 0.25) is 0 Å². The highest BCUT2D eigenvalue weighted by molar-refractivity contribution is 5.91. The normalized spacial score (nSPS) is 18.6. The number of nitrogens with zero attached hydrogens (tertiary/aromatic N) is 2. The lowest BCUT2D eigenvalue weighted by atomic mass is 9.79. The van der Waals surface area contributed by atoms with Crippen LogP contribution in [-0.4, -0.2) is 19.7 Å². The highest BCUT2D eigenvalue weighted by Crippen LogP contribution is 2.45. The number of anilines is 1. The van der Waals surface area contributed by atoms with Gasteiger partial charge in [0.15, 0.2) is 0 Å². The van der Waals surface area contributed by atoms with Gasteiger partial charge in [-0.15, -0.1) is 0 Å². The Morgan fingerprint density at radius 1 is 1.30 bits per heavy atom. The van der Waals surface area contributed by atoms with Crippen molar-refractivity contribution in [3.8, 4) is 11.8 Å². The third-order valence-corrected chi connectivity index (χ3v) is 5.56. The molecule has 0 radical (unpaired) electrons. The molecule has 1 aliphatic rings. The van der Waals surface area contributed by atoms with Crippen molar-refractivity contribution in [2.45, 2.75) is 38.6 Å². The Labute approximate surface area is 160 Å². The molecule has 0 fully saturated rings. The molecule has 4 heteroatoms. The maximum absolute atomic E-state index is 13.2. The summed E-state index contributed by atoms with van der Waals surface area (Å²) in [5.41, 5.74) is 4.50. The van der Waals surface area contributed by atoms with E-state index in [9.17, 15) is 9.65 Å².